The van der Waals surface area contributed by atoms with Crippen molar-refractivity contribution in [3.63, 3.8) is 0 Å². The fourth-order valence-electron chi connectivity index (χ4n) is 3.20. The molecule has 0 aromatic heterocycles. The molecule has 0 atom stereocenters. The first-order valence-corrected chi connectivity index (χ1v) is 7.59. The van der Waals surface area contributed by atoms with Crippen LogP contribution in [0.25, 0.3) is 0 Å². The summed E-state index contributed by atoms with van der Waals surface area (Å²) in [6.45, 7) is 3.44. The SMILES string of the molecule is CC1(NCc2cccc(C3CC3)c2)CCCCC1. The summed E-state index contributed by atoms with van der Waals surface area (Å²) < 4.78 is 0. The Kier molecular flexibility index (Phi) is 3.43. The molecule has 1 nitrogen and oxygen atoms in total. The summed E-state index contributed by atoms with van der Waals surface area (Å²) in [6.07, 6.45) is 9.69. The highest BCUT2D eigenvalue weighted by Crippen LogP contribution is 2.40. The third kappa shape index (κ3) is 2.95. The van der Waals surface area contributed by atoms with Crippen LogP contribution in [0.5, 0.6) is 0 Å². The lowest BCUT2D eigenvalue weighted by atomic mass is 9.83. The molecule has 0 amide bonds. The van der Waals surface area contributed by atoms with E-state index in [4.69, 9.17) is 0 Å². The van der Waals surface area contributed by atoms with Gasteiger partial charge in [-0.25, -0.2) is 0 Å². The molecule has 1 aromatic carbocycles. The van der Waals surface area contributed by atoms with Crippen LogP contribution >= 0.6 is 0 Å². The fourth-order valence-corrected chi connectivity index (χ4v) is 3.20. The highest BCUT2D eigenvalue weighted by atomic mass is 15.0. The Morgan fingerprint density at radius 2 is 1.94 bits per heavy atom. The smallest absolute Gasteiger partial charge is 0.0210 e. The first kappa shape index (κ1) is 12.2. The second-order valence-electron chi connectivity index (χ2n) is 6.49. The van der Waals surface area contributed by atoms with Gasteiger partial charge in [0.25, 0.3) is 0 Å². The van der Waals surface area contributed by atoms with Gasteiger partial charge >= 0.3 is 0 Å². The van der Waals surface area contributed by atoms with E-state index in [9.17, 15) is 0 Å². The maximum Gasteiger partial charge on any atom is 0.0210 e. The highest BCUT2D eigenvalue weighted by Gasteiger charge is 2.26. The molecule has 0 aliphatic heterocycles. The van der Waals surface area contributed by atoms with E-state index in [0.29, 0.717) is 5.54 Å². The Balaban J connectivity index is 1.60. The van der Waals surface area contributed by atoms with Gasteiger partial charge in [0.05, 0.1) is 0 Å². The van der Waals surface area contributed by atoms with Crippen molar-refractivity contribution in [2.45, 2.75) is 69.9 Å². The van der Waals surface area contributed by atoms with Crippen molar-refractivity contribution >= 4 is 0 Å². The van der Waals surface area contributed by atoms with Crippen LogP contribution < -0.4 is 5.32 Å². The largest absolute Gasteiger partial charge is 0.307 e. The number of benzene rings is 1. The van der Waals surface area contributed by atoms with E-state index >= 15 is 0 Å². The van der Waals surface area contributed by atoms with E-state index in [1.165, 1.54) is 50.5 Å². The van der Waals surface area contributed by atoms with Gasteiger partial charge in [-0.1, -0.05) is 43.5 Å². The Labute approximate surface area is 111 Å². The van der Waals surface area contributed by atoms with Gasteiger partial charge in [-0.3, -0.25) is 0 Å². The van der Waals surface area contributed by atoms with Crippen LogP contribution in [0.15, 0.2) is 24.3 Å². The van der Waals surface area contributed by atoms with E-state index in [-0.39, 0.29) is 0 Å². The fraction of sp³-hybridized carbons (Fsp3) is 0.647. The Morgan fingerprint density at radius 1 is 1.17 bits per heavy atom. The average molecular weight is 243 g/mol. The summed E-state index contributed by atoms with van der Waals surface area (Å²) in [5.74, 6) is 0.871. The van der Waals surface area contributed by atoms with Crippen molar-refractivity contribution in [1.29, 1.82) is 0 Å². The van der Waals surface area contributed by atoms with Crippen molar-refractivity contribution in [2.24, 2.45) is 0 Å². The molecule has 0 radical (unpaired) electrons. The van der Waals surface area contributed by atoms with Gasteiger partial charge in [0.1, 0.15) is 0 Å². The molecule has 1 N–H and O–H groups in total. The molecule has 1 heteroatoms. The third-order valence-electron chi connectivity index (χ3n) is 4.68. The molecule has 98 valence electrons. The van der Waals surface area contributed by atoms with E-state index in [0.717, 1.165) is 12.5 Å². The monoisotopic (exact) mass is 243 g/mol. The maximum atomic E-state index is 3.80. The molecular formula is C17H25N. The van der Waals surface area contributed by atoms with Gasteiger partial charge in [0.2, 0.25) is 0 Å². The number of rotatable bonds is 4. The van der Waals surface area contributed by atoms with Crippen LogP contribution in [0.4, 0.5) is 0 Å². The zero-order valence-corrected chi connectivity index (χ0v) is 11.5. The molecule has 1 aromatic rings. The zero-order valence-electron chi connectivity index (χ0n) is 11.5. The molecule has 3 rings (SSSR count). The van der Waals surface area contributed by atoms with Crippen molar-refractivity contribution in [1.82, 2.24) is 5.32 Å². The minimum Gasteiger partial charge on any atom is -0.307 e. The number of nitrogens with one attached hydrogen (secondary N) is 1. The third-order valence-corrected chi connectivity index (χ3v) is 4.68. The summed E-state index contributed by atoms with van der Waals surface area (Å²) in [5, 5.41) is 3.80. The van der Waals surface area contributed by atoms with E-state index < -0.39 is 0 Å². The highest BCUT2D eigenvalue weighted by molar-refractivity contribution is 5.29. The molecule has 0 spiro atoms. The van der Waals surface area contributed by atoms with Crippen LogP contribution in [-0.2, 0) is 6.54 Å². The predicted molar refractivity (Wildman–Crippen MR) is 76.7 cm³/mol. The van der Waals surface area contributed by atoms with E-state index in [2.05, 4.69) is 36.5 Å². The van der Waals surface area contributed by atoms with Gasteiger partial charge in [-0.05, 0) is 49.7 Å². The van der Waals surface area contributed by atoms with Crippen LogP contribution in [-0.4, -0.2) is 5.54 Å². The molecule has 0 unspecified atom stereocenters. The Hall–Kier alpha value is -0.820. The van der Waals surface area contributed by atoms with Crippen molar-refractivity contribution in [2.75, 3.05) is 0 Å². The molecule has 18 heavy (non-hydrogen) atoms. The standard InChI is InChI=1S/C17H25N/c1-17(10-3-2-4-11-17)18-13-14-6-5-7-16(12-14)15-8-9-15/h5-7,12,15,18H,2-4,8-11,13H2,1H3. The Morgan fingerprint density at radius 3 is 2.67 bits per heavy atom. The van der Waals surface area contributed by atoms with E-state index in [1.807, 2.05) is 0 Å². The van der Waals surface area contributed by atoms with Gasteiger partial charge in [-0.2, -0.15) is 0 Å². The molecule has 2 aliphatic carbocycles. The molecule has 0 saturated heterocycles. The molecular weight excluding hydrogens is 218 g/mol. The summed E-state index contributed by atoms with van der Waals surface area (Å²) in [5.41, 5.74) is 3.41. The maximum absolute atomic E-state index is 3.80. The van der Waals surface area contributed by atoms with Crippen molar-refractivity contribution in [3.05, 3.63) is 35.4 Å². The summed E-state index contributed by atoms with van der Waals surface area (Å²) in [7, 11) is 0. The summed E-state index contributed by atoms with van der Waals surface area (Å²) >= 11 is 0. The number of hydrogen-bond acceptors (Lipinski definition) is 1. The molecule has 2 saturated carbocycles. The predicted octanol–water partition coefficient (Wildman–Crippen LogP) is 4.38. The van der Waals surface area contributed by atoms with Gasteiger partial charge in [0.15, 0.2) is 0 Å². The van der Waals surface area contributed by atoms with Crippen LogP contribution in [0.3, 0.4) is 0 Å². The molecule has 0 heterocycles. The molecule has 2 aliphatic rings. The first-order chi connectivity index (χ1) is 8.75. The van der Waals surface area contributed by atoms with Crippen LogP contribution in [0.1, 0.15) is 68.9 Å². The van der Waals surface area contributed by atoms with E-state index in [1.54, 1.807) is 5.56 Å². The second kappa shape index (κ2) is 5.05. The van der Waals surface area contributed by atoms with Gasteiger partial charge < -0.3 is 5.32 Å². The normalized spacial score (nSPS) is 22.9. The number of hydrogen-bond donors (Lipinski definition) is 1. The lowest BCUT2D eigenvalue weighted by molar-refractivity contribution is 0.252. The minimum atomic E-state index is 0.383. The van der Waals surface area contributed by atoms with Crippen molar-refractivity contribution in [3.8, 4) is 0 Å². The first-order valence-electron chi connectivity index (χ1n) is 7.59. The van der Waals surface area contributed by atoms with Gasteiger partial charge in [0, 0.05) is 12.1 Å². The lowest BCUT2D eigenvalue weighted by Crippen LogP contribution is -2.43. The Bertz CT molecular complexity index is 400. The quantitative estimate of drug-likeness (QED) is 0.827. The second-order valence-corrected chi connectivity index (χ2v) is 6.49. The van der Waals surface area contributed by atoms with Gasteiger partial charge in [-0.15, -0.1) is 0 Å². The minimum absolute atomic E-state index is 0.383. The summed E-state index contributed by atoms with van der Waals surface area (Å²) in [4.78, 5) is 0. The van der Waals surface area contributed by atoms with Crippen molar-refractivity contribution < 1.29 is 0 Å². The van der Waals surface area contributed by atoms with Crippen LogP contribution in [0, 0.1) is 0 Å². The van der Waals surface area contributed by atoms with Crippen LogP contribution in [0.2, 0.25) is 0 Å². The summed E-state index contributed by atoms with van der Waals surface area (Å²) in [6, 6.07) is 9.21. The molecule has 2 fully saturated rings. The zero-order chi connectivity index (χ0) is 12.4. The molecule has 0 bridgehead atoms. The average Bonchev–Trinajstić information content (AvgIpc) is 3.22. The topological polar surface area (TPSA) is 12.0 Å². The lowest BCUT2D eigenvalue weighted by Gasteiger charge is -2.35.